The molecule has 0 unspecified atom stereocenters. The number of anilines is 2. The highest BCUT2D eigenvalue weighted by Crippen LogP contribution is 2.40. The summed E-state index contributed by atoms with van der Waals surface area (Å²) in [6.45, 7) is 7.28. The monoisotopic (exact) mass is 1220 g/mol. The molecular formula is C56H64F12N8O7S. The highest BCUT2D eigenvalue weighted by atomic mass is 32.1. The quantitative estimate of drug-likeness (QED) is 0.0420. The first-order valence-electron chi connectivity index (χ1n) is 27.4. The molecule has 0 radical (unpaired) electrons. The molecule has 4 saturated heterocycles. The Morgan fingerprint density at radius 1 is 0.500 bits per heavy atom. The summed E-state index contributed by atoms with van der Waals surface area (Å²) in [4.78, 5) is 41.8. The third-order valence-corrected chi connectivity index (χ3v) is 15.8. The van der Waals surface area contributed by atoms with Crippen LogP contribution >= 0.6 is 12.2 Å². The topological polar surface area (TPSA) is 159 Å². The van der Waals surface area contributed by atoms with E-state index in [-0.39, 0.29) is 54.8 Å². The second-order valence-corrected chi connectivity index (χ2v) is 21.6. The van der Waals surface area contributed by atoms with Gasteiger partial charge in [0.2, 0.25) is 5.91 Å². The molecule has 15 nitrogen and oxygen atoms in total. The Morgan fingerprint density at radius 2 is 0.857 bits per heavy atom. The van der Waals surface area contributed by atoms with E-state index >= 15 is 0 Å². The van der Waals surface area contributed by atoms with Gasteiger partial charge in [-0.3, -0.25) is 25.0 Å². The molecule has 2 N–H and O–H groups in total. The van der Waals surface area contributed by atoms with Gasteiger partial charge in [-0.15, -0.1) is 0 Å². The standard InChI is InChI=1S/C28H32F6N4O4.C28H32F6N4O3S/c29-27(30,31)20-3-1-19(2-4-20)18-42-23-9-12-36(13-10-23)14-11-26(39)37-15-7-21(8-16-37)35-22-5-6-25(38(40)41)24(17-22)28(32,33)34;29-27(30,31)20-3-1-19(2-4-20)18-41-23-9-12-36(13-10-23)14-11-26(42)37-15-7-21(8-16-37)35-22-5-6-25(38(39)40)24(17-22)28(32,33)34/h2*1-6,17,21,23,35H,7-16,18H2. The van der Waals surface area contributed by atoms with Crippen molar-refractivity contribution in [3.63, 3.8) is 0 Å². The number of carbonyl (C=O) groups excluding carboxylic acids is 1. The van der Waals surface area contributed by atoms with Crippen LogP contribution in [0.2, 0.25) is 0 Å². The van der Waals surface area contributed by atoms with Crippen molar-refractivity contribution in [2.24, 2.45) is 0 Å². The maximum absolute atomic E-state index is 13.3. The van der Waals surface area contributed by atoms with Crippen LogP contribution in [0.4, 0.5) is 75.4 Å². The fraction of sp³-hybridized carbons (Fsp3) is 0.536. The smallest absolute Gasteiger partial charge is 0.382 e. The zero-order valence-corrected chi connectivity index (χ0v) is 46.2. The fourth-order valence-electron chi connectivity index (χ4n) is 10.5. The molecule has 0 aliphatic carbocycles. The zero-order valence-electron chi connectivity index (χ0n) is 45.4. The van der Waals surface area contributed by atoms with Crippen LogP contribution in [0.5, 0.6) is 0 Å². The number of nitrogens with zero attached hydrogens (tertiary/aromatic N) is 6. The van der Waals surface area contributed by atoms with Crippen LogP contribution < -0.4 is 10.6 Å². The molecule has 0 saturated carbocycles. The number of thiocarbonyl (C=S) groups is 1. The largest absolute Gasteiger partial charge is 0.423 e. The van der Waals surface area contributed by atoms with Gasteiger partial charge >= 0.3 is 24.7 Å². The molecule has 8 rings (SSSR count). The lowest BCUT2D eigenvalue weighted by molar-refractivity contribution is -0.388. The molecular weight excluding hydrogens is 1160 g/mol. The van der Waals surface area contributed by atoms with Gasteiger partial charge in [0.25, 0.3) is 11.4 Å². The molecule has 1 amide bonds. The number of nitrogens with one attached hydrogen (secondary N) is 2. The molecule has 84 heavy (non-hydrogen) atoms. The lowest BCUT2D eigenvalue weighted by Crippen LogP contribution is -2.44. The average Bonchev–Trinajstić information content (AvgIpc) is 3.65. The summed E-state index contributed by atoms with van der Waals surface area (Å²) in [7, 11) is 0. The predicted octanol–water partition coefficient (Wildman–Crippen LogP) is 13.0. The van der Waals surface area contributed by atoms with E-state index in [2.05, 4.69) is 25.3 Å². The minimum absolute atomic E-state index is 0.00354. The minimum Gasteiger partial charge on any atom is -0.382 e. The number of hydrogen-bond acceptors (Lipinski definition) is 12. The SMILES string of the molecule is O=C(CCN1CCC(OCc2ccc(C(F)(F)F)cc2)CC1)N1CCC(Nc2ccc([N+](=O)[O-])c(C(F)(F)F)c2)CC1.O=[N+]([O-])c1ccc(NC2CCN(C(=S)CCN3CCC(OCc4ccc(C(F)(F)F)cc4)CC3)CC2)cc1C(F)(F)F. The number of piperidine rings is 4. The molecule has 0 spiro atoms. The molecule has 0 bridgehead atoms. The van der Waals surface area contributed by atoms with E-state index in [9.17, 15) is 77.7 Å². The van der Waals surface area contributed by atoms with E-state index in [0.717, 1.165) is 112 Å². The molecule has 4 aliphatic rings. The van der Waals surface area contributed by atoms with E-state index in [1.54, 1.807) is 4.90 Å². The first-order valence-corrected chi connectivity index (χ1v) is 27.8. The lowest BCUT2D eigenvalue weighted by atomic mass is 10.0. The van der Waals surface area contributed by atoms with Crippen molar-refractivity contribution in [3.05, 3.63) is 139 Å². The molecule has 0 atom stereocenters. The van der Waals surface area contributed by atoms with Gasteiger partial charge in [-0.25, -0.2) is 0 Å². The number of alkyl halides is 12. The molecule has 4 fully saturated rings. The van der Waals surface area contributed by atoms with Crippen molar-refractivity contribution in [1.29, 1.82) is 0 Å². The van der Waals surface area contributed by atoms with Crippen LogP contribution in [0.15, 0.2) is 84.9 Å². The van der Waals surface area contributed by atoms with Crippen LogP contribution in [0.25, 0.3) is 0 Å². The van der Waals surface area contributed by atoms with Crippen molar-refractivity contribution in [1.82, 2.24) is 19.6 Å². The van der Waals surface area contributed by atoms with E-state index in [0.29, 0.717) is 82.4 Å². The van der Waals surface area contributed by atoms with Crippen molar-refractivity contribution in [3.8, 4) is 0 Å². The normalized spacial score (nSPS) is 17.8. The van der Waals surface area contributed by atoms with Gasteiger partial charge in [0.15, 0.2) is 0 Å². The summed E-state index contributed by atoms with van der Waals surface area (Å²) in [6.07, 6.45) is -11.8. The summed E-state index contributed by atoms with van der Waals surface area (Å²) in [5.41, 5.74) is -4.20. The Morgan fingerprint density at radius 3 is 1.20 bits per heavy atom. The molecule has 0 aromatic heterocycles. The van der Waals surface area contributed by atoms with Crippen molar-refractivity contribution in [2.45, 2.75) is 126 Å². The maximum Gasteiger partial charge on any atom is 0.423 e. The third kappa shape index (κ3) is 19.3. The van der Waals surface area contributed by atoms with Gasteiger partial charge < -0.3 is 39.7 Å². The number of halogens is 12. The maximum atomic E-state index is 13.3. The van der Waals surface area contributed by atoms with Crippen LogP contribution in [0, 0.1) is 20.2 Å². The number of carbonyl (C=O) groups is 1. The van der Waals surface area contributed by atoms with Gasteiger partial charge in [0.05, 0.1) is 51.4 Å². The fourth-order valence-corrected chi connectivity index (χ4v) is 10.7. The lowest BCUT2D eigenvalue weighted by Gasteiger charge is -2.36. The molecule has 460 valence electrons. The van der Waals surface area contributed by atoms with E-state index in [1.807, 2.05) is 0 Å². The van der Waals surface area contributed by atoms with Crippen molar-refractivity contribution >= 4 is 45.9 Å². The number of benzene rings is 4. The summed E-state index contributed by atoms with van der Waals surface area (Å²) in [5.74, 6) is 0.00354. The number of ether oxygens (including phenoxy) is 2. The van der Waals surface area contributed by atoms with Gasteiger partial charge in [-0.2, -0.15) is 52.7 Å². The summed E-state index contributed by atoms with van der Waals surface area (Å²) in [6, 6.07) is 15.5. The molecule has 4 aromatic carbocycles. The highest BCUT2D eigenvalue weighted by molar-refractivity contribution is 7.80. The summed E-state index contributed by atoms with van der Waals surface area (Å²) < 4.78 is 168. The average molecular weight is 1220 g/mol. The number of rotatable bonds is 18. The van der Waals surface area contributed by atoms with Gasteiger partial charge in [-0.1, -0.05) is 36.5 Å². The number of amides is 1. The van der Waals surface area contributed by atoms with E-state index < -0.39 is 68.2 Å². The van der Waals surface area contributed by atoms with Crippen LogP contribution in [0.3, 0.4) is 0 Å². The number of hydrogen-bond donors (Lipinski definition) is 2. The molecule has 4 aromatic rings. The Labute approximate surface area is 481 Å². The zero-order chi connectivity index (χ0) is 61.0. The predicted molar refractivity (Wildman–Crippen MR) is 291 cm³/mol. The molecule has 28 heteroatoms. The van der Waals surface area contributed by atoms with E-state index in [1.165, 1.54) is 36.4 Å². The van der Waals surface area contributed by atoms with Crippen molar-refractivity contribution < 1.29 is 76.8 Å². The first-order chi connectivity index (χ1) is 39.6. The van der Waals surface area contributed by atoms with Gasteiger partial charge in [0.1, 0.15) is 11.1 Å². The highest BCUT2D eigenvalue weighted by Gasteiger charge is 2.40. The van der Waals surface area contributed by atoms with Gasteiger partial charge in [0, 0.05) is 114 Å². The number of nitro groups is 2. The second kappa shape index (κ2) is 28.7. The van der Waals surface area contributed by atoms with Crippen LogP contribution in [-0.4, -0.2) is 130 Å². The Hall–Kier alpha value is -6.36. The Kier molecular flexibility index (Phi) is 22.3. The summed E-state index contributed by atoms with van der Waals surface area (Å²) in [5, 5.41) is 28.0. The molecule has 4 heterocycles. The Bertz CT molecular complexity index is 2640. The second-order valence-electron chi connectivity index (χ2n) is 21.2. The van der Waals surface area contributed by atoms with Crippen molar-refractivity contribution in [2.75, 3.05) is 76.1 Å². The number of likely N-dealkylation sites (tertiary alicyclic amines) is 4. The van der Waals surface area contributed by atoms with Gasteiger partial charge in [-0.05, 0) is 111 Å². The third-order valence-electron chi connectivity index (χ3n) is 15.3. The number of nitro benzene ring substituents is 2. The van der Waals surface area contributed by atoms with E-state index in [4.69, 9.17) is 21.7 Å². The first kappa shape index (κ1) is 65.2. The van der Waals surface area contributed by atoms with Crippen LogP contribution in [-0.2, 0) is 52.2 Å². The molecule has 4 aliphatic heterocycles. The minimum atomic E-state index is -4.85. The Balaban J connectivity index is 0.000000241. The summed E-state index contributed by atoms with van der Waals surface area (Å²) >= 11 is 5.65. The van der Waals surface area contributed by atoms with Crippen LogP contribution in [0.1, 0.15) is 97.6 Å².